The first kappa shape index (κ1) is 28.9. The first-order valence-corrected chi connectivity index (χ1v) is 13.4. The standard InChI is InChI=1S/C30H40N4O4/c1-22(29(37)34-18-12-7-13-19-34)31-28(36)26(20-24-14-8-5-9-15-24)33(4)30(38)27(32(3)23(2)35)21-25-16-10-6-11-17-25/h5-6,8-11,14-17,22,26-27H,7,12-13,18-21H2,1-4H3,(H,31,36)/t22-,26-,27-/m0/s1. The molecule has 0 aromatic heterocycles. The van der Waals surface area contributed by atoms with Crippen LogP contribution in [-0.2, 0) is 32.0 Å². The number of piperidine rings is 1. The molecule has 0 aliphatic carbocycles. The molecule has 0 unspecified atom stereocenters. The average Bonchev–Trinajstić information content (AvgIpc) is 2.94. The lowest BCUT2D eigenvalue weighted by Gasteiger charge is -2.35. The molecule has 1 saturated heterocycles. The molecule has 0 radical (unpaired) electrons. The number of amides is 4. The van der Waals surface area contributed by atoms with Crippen molar-refractivity contribution in [1.82, 2.24) is 20.0 Å². The van der Waals surface area contributed by atoms with E-state index in [1.807, 2.05) is 60.7 Å². The number of benzene rings is 2. The van der Waals surface area contributed by atoms with Crippen molar-refractivity contribution in [2.24, 2.45) is 0 Å². The Morgan fingerprint density at radius 3 is 1.79 bits per heavy atom. The Labute approximate surface area is 226 Å². The van der Waals surface area contributed by atoms with Crippen molar-refractivity contribution in [3.05, 3.63) is 71.8 Å². The number of rotatable bonds is 10. The van der Waals surface area contributed by atoms with Crippen molar-refractivity contribution in [3.63, 3.8) is 0 Å². The molecule has 0 bridgehead atoms. The summed E-state index contributed by atoms with van der Waals surface area (Å²) in [7, 11) is 3.20. The van der Waals surface area contributed by atoms with Crippen LogP contribution in [0.3, 0.4) is 0 Å². The number of nitrogens with one attached hydrogen (secondary N) is 1. The van der Waals surface area contributed by atoms with Crippen LogP contribution in [0.25, 0.3) is 0 Å². The SMILES string of the molecule is CC(=O)N(C)[C@@H](Cc1ccccc1)C(=O)N(C)[C@@H](Cc1ccccc1)C(=O)N[C@@H](C)C(=O)N1CCCCC1. The van der Waals surface area contributed by atoms with E-state index in [9.17, 15) is 19.2 Å². The Morgan fingerprint density at radius 1 is 0.789 bits per heavy atom. The minimum Gasteiger partial charge on any atom is -0.343 e. The van der Waals surface area contributed by atoms with Crippen molar-refractivity contribution < 1.29 is 19.2 Å². The molecule has 0 saturated carbocycles. The zero-order chi connectivity index (χ0) is 27.7. The van der Waals surface area contributed by atoms with Gasteiger partial charge in [-0.2, -0.15) is 0 Å². The summed E-state index contributed by atoms with van der Waals surface area (Å²) < 4.78 is 0. The lowest BCUT2D eigenvalue weighted by atomic mass is 10.00. The van der Waals surface area contributed by atoms with Crippen molar-refractivity contribution in [1.29, 1.82) is 0 Å². The molecule has 3 rings (SSSR count). The van der Waals surface area contributed by atoms with Crippen LogP contribution in [0.15, 0.2) is 60.7 Å². The lowest BCUT2D eigenvalue weighted by molar-refractivity contribution is -0.147. The normalized spacial score (nSPS) is 15.6. The van der Waals surface area contributed by atoms with Crippen LogP contribution >= 0.6 is 0 Å². The molecular formula is C30H40N4O4. The minimum absolute atomic E-state index is 0.108. The third-order valence-electron chi connectivity index (χ3n) is 7.31. The summed E-state index contributed by atoms with van der Waals surface area (Å²) in [6, 6.07) is 16.6. The molecule has 8 nitrogen and oxygen atoms in total. The number of carbonyl (C=O) groups is 4. The first-order valence-electron chi connectivity index (χ1n) is 13.4. The third kappa shape index (κ3) is 7.66. The van der Waals surface area contributed by atoms with Crippen LogP contribution in [0.4, 0.5) is 0 Å². The summed E-state index contributed by atoms with van der Waals surface area (Å²) in [5, 5.41) is 2.87. The fourth-order valence-electron chi connectivity index (χ4n) is 4.84. The van der Waals surface area contributed by atoms with E-state index in [1.54, 1.807) is 25.9 Å². The van der Waals surface area contributed by atoms with Gasteiger partial charge in [0.25, 0.3) is 0 Å². The van der Waals surface area contributed by atoms with Gasteiger partial charge in [-0.1, -0.05) is 60.7 Å². The molecule has 1 heterocycles. The van der Waals surface area contributed by atoms with Gasteiger partial charge in [-0.05, 0) is 37.3 Å². The van der Waals surface area contributed by atoms with E-state index in [-0.39, 0.29) is 24.1 Å². The fraction of sp³-hybridized carbons (Fsp3) is 0.467. The number of likely N-dealkylation sites (tertiary alicyclic amines) is 1. The number of hydrogen-bond donors (Lipinski definition) is 1. The van der Waals surface area contributed by atoms with E-state index in [1.165, 1.54) is 16.7 Å². The first-order chi connectivity index (χ1) is 18.2. The Morgan fingerprint density at radius 2 is 1.29 bits per heavy atom. The van der Waals surface area contributed by atoms with Gasteiger partial charge in [0, 0.05) is 47.0 Å². The Hall–Kier alpha value is -3.68. The van der Waals surface area contributed by atoms with E-state index >= 15 is 0 Å². The highest BCUT2D eigenvalue weighted by molar-refractivity contribution is 5.94. The second kappa shape index (κ2) is 13.7. The molecule has 1 N–H and O–H groups in total. The second-order valence-electron chi connectivity index (χ2n) is 10.1. The van der Waals surface area contributed by atoms with Crippen LogP contribution in [0.2, 0.25) is 0 Å². The molecule has 0 spiro atoms. The second-order valence-corrected chi connectivity index (χ2v) is 10.1. The molecule has 1 fully saturated rings. The van der Waals surface area contributed by atoms with Gasteiger partial charge in [0.05, 0.1) is 0 Å². The van der Waals surface area contributed by atoms with Crippen molar-refractivity contribution >= 4 is 23.6 Å². The minimum atomic E-state index is -0.861. The molecule has 3 atom stereocenters. The summed E-state index contributed by atoms with van der Waals surface area (Å²) in [5.74, 6) is -1.08. The lowest BCUT2D eigenvalue weighted by Crippen LogP contribution is -2.58. The quantitative estimate of drug-likeness (QED) is 0.522. The Balaban J connectivity index is 1.83. The predicted molar refractivity (Wildman–Crippen MR) is 147 cm³/mol. The van der Waals surface area contributed by atoms with Gasteiger partial charge in [0.1, 0.15) is 18.1 Å². The largest absolute Gasteiger partial charge is 0.343 e. The maximum absolute atomic E-state index is 13.9. The summed E-state index contributed by atoms with van der Waals surface area (Å²) in [6.07, 6.45) is 3.64. The molecule has 1 aliphatic heterocycles. The predicted octanol–water partition coefficient (Wildman–Crippen LogP) is 2.66. The topological polar surface area (TPSA) is 90.0 Å². The number of carbonyl (C=O) groups excluding carboxylic acids is 4. The van der Waals surface area contributed by atoms with E-state index in [2.05, 4.69) is 5.32 Å². The van der Waals surface area contributed by atoms with E-state index < -0.39 is 24.0 Å². The smallest absolute Gasteiger partial charge is 0.246 e. The van der Waals surface area contributed by atoms with Gasteiger partial charge in [0.15, 0.2) is 0 Å². The van der Waals surface area contributed by atoms with Crippen LogP contribution in [0.1, 0.15) is 44.2 Å². The summed E-state index contributed by atoms with van der Waals surface area (Å²) in [6.45, 7) is 4.51. The molecule has 2 aromatic rings. The molecule has 38 heavy (non-hydrogen) atoms. The number of nitrogens with zero attached hydrogens (tertiary/aromatic N) is 3. The zero-order valence-electron chi connectivity index (χ0n) is 22.9. The fourth-order valence-corrected chi connectivity index (χ4v) is 4.84. The summed E-state index contributed by atoms with van der Waals surface area (Å²) >= 11 is 0. The summed E-state index contributed by atoms with van der Waals surface area (Å²) in [4.78, 5) is 57.4. The van der Waals surface area contributed by atoms with E-state index in [0.29, 0.717) is 19.5 Å². The average molecular weight is 521 g/mol. The van der Waals surface area contributed by atoms with E-state index in [0.717, 1.165) is 30.4 Å². The molecule has 1 aliphatic rings. The maximum atomic E-state index is 13.9. The zero-order valence-corrected chi connectivity index (χ0v) is 22.9. The van der Waals surface area contributed by atoms with Gasteiger partial charge in [-0.25, -0.2) is 0 Å². The number of likely N-dealkylation sites (N-methyl/N-ethyl adjacent to an activating group) is 2. The van der Waals surface area contributed by atoms with Crippen molar-refractivity contribution in [2.45, 2.75) is 64.1 Å². The highest BCUT2D eigenvalue weighted by atomic mass is 16.2. The van der Waals surface area contributed by atoms with Crippen LogP contribution in [0, 0.1) is 0 Å². The van der Waals surface area contributed by atoms with Gasteiger partial charge >= 0.3 is 0 Å². The Bertz CT molecular complexity index is 1090. The van der Waals surface area contributed by atoms with Crippen molar-refractivity contribution in [2.75, 3.05) is 27.2 Å². The monoisotopic (exact) mass is 520 g/mol. The highest BCUT2D eigenvalue weighted by Crippen LogP contribution is 2.16. The molecule has 4 amide bonds. The van der Waals surface area contributed by atoms with Gasteiger partial charge < -0.3 is 20.0 Å². The van der Waals surface area contributed by atoms with E-state index in [4.69, 9.17) is 0 Å². The van der Waals surface area contributed by atoms with Crippen LogP contribution < -0.4 is 5.32 Å². The van der Waals surface area contributed by atoms with Crippen LogP contribution in [-0.4, -0.2) is 83.6 Å². The highest BCUT2D eigenvalue weighted by Gasteiger charge is 2.35. The maximum Gasteiger partial charge on any atom is 0.246 e. The number of hydrogen-bond acceptors (Lipinski definition) is 4. The summed E-state index contributed by atoms with van der Waals surface area (Å²) in [5.41, 5.74) is 1.80. The van der Waals surface area contributed by atoms with Gasteiger partial charge in [-0.15, -0.1) is 0 Å². The van der Waals surface area contributed by atoms with Gasteiger partial charge in [-0.3, -0.25) is 19.2 Å². The Kier molecular flexibility index (Phi) is 10.4. The van der Waals surface area contributed by atoms with Crippen LogP contribution in [0.5, 0.6) is 0 Å². The molecule has 204 valence electrons. The third-order valence-corrected chi connectivity index (χ3v) is 7.31. The molecule has 2 aromatic carbocycles. The van der Waals surface area contributed by atoms with Gasteiger partial charge in [0.2, 0.25) is 23.6 Å². The van der Waals surface area contributed by atoms with Crippen molar-refractivity contribution in [3.8, 4) is 0 Å². The molecular weight excluding hydrogens is 480 g/mol. The molecule has 8 heteroatoms.